The third kappa shape index (κ3) is 7.33. The number of amides is 2. The van der Waals surface area contributed by atoms with Crippen molar-refractivity contribution in [1.29, 1.82) is 0 Å². The van der Waals surface area contributed by atoms with Crippen molar-refractivity contribution in [3.8, 4) is 11.1 Å². The van der Waals surface area contributed by atoms with Gasteiger partial charge in [-0.05, 0) is 74.6 Å². The maximum atomic E-state index is 13.5. The number of nitrogens with zero attached hydrogens (tertiary/aromatic N) is 1. The molecular formula is C32H36F3N3O4S. The number of halogens is 3. The number of benzene rings is 2. The van der Waals surface area contributed by atoms with Gasteiger partial charge in [-0.2, -0.15) is 13.2 Å². The van der Waals surface area contributed by atoms with E-state index < -0.39 is 23.4 Å². The minimum atomic E-state index is -4.52. The molecule has 0 radical (unpaired) electrons. The van der Waals surface area contributed by atoms with Crippen molar-refractivity contribution in [3.63, 3.8) is 0 Å². The summed E-state index contributed by atoms with van der Waals surface area (Å²) in [6.45, 7) is 10.5. The summed E-state index contributed by atoms with van der Waals surface area (Å²) in [7, 11) is 0. The molecule has 2 saturated heterocycles. The third-order valence-corrected chi connectivity index (χ3v) is 8.66. The second-order valence-electron chi connectivity index (χ2n) is 12.4. The fourth-order valence-corrected chi connectivity index (χ4v) is 6.24. The Hall–Kier alpha value is -3.57. The Labute approximate surface area is 253 Å². The molecule has 11 heteroatoms. The van der Waals surface area contributed by atoms with Gasteiger partial charge < -0.3 is 25.0 Å². The molecule has 2 amide bonds. The second-order valence-corrected chi connectivity index (χ2v) is 13.3. The summed E-state index contributed by atoms with van der Waals surface area (Å²) in [6.07, 6.45) is -4.10. The molecule has 1 spiro atoms. The molecule has 0 aliphatic carbocycles. The first kappa shape index (κ1) is 30.9. The van der Waals surface area contributed by atoms with E-state index in [1.54, 1.807) is 45.0 Å². The highest BCUT2D eigenvalue weighted by Crippen LogP contribution is 2.42. The highest BCUT2D eigenvalue weighted by Gasteiger charge is 2.46. The van der Waals surface area contributed by atoms with Crippen LogP contribution < -0.4 is 15.5 Å². The Morgan fingerprint density at radius 3 is 2.44 bits per heavy atom. The van der Waals surface area contributed by atoms with Gasteiger partial charge in [0.05, 0.1) is 23.1 Å². The molecule has 1 atom stereocenters. The zero-order chi connectivity index (χ0) is 31.0. The van der Waals surface area contributed by atoms with Crippen LogP contribution in [-0.2, 0) is 22.2 Å². The Morgan fingerprint density at radius 2 is 1.81 bits per heavy atom. The zero-order valence-electron chi connectivity index (χ0n) is 24.6. The molecular weight excluding hydrogens is 579 g/mol. The normalized spacial score (nSPS) is 17.0. The van der Waals surface area contributed by atoms with E-state index in [1.165, 1.54) is 17.4 Å². The SMILES string of the molecule is C[C@@H](NC(=O)c1cc(N2CC3(CCOC3)C2)cs1)c1ccc(-c2cc(C(F)(F)F)ccc2CNC(=O)OC(C)(C)C)cc1. The number of thiophene rings is 1. The lowest BCUT2D eigenvalue weighted by Crippen LogP contribution is -2.56. The molecule has 0 bridgehead atoms. The average Bonchev–Trinajstić information content (AvgIpc) is 3.60. The van der Waals surface area contributed by atoms with Crippen LogP contribution in [0.5, 0.6) is 0 Å². The lowest BCUT2D eigenvalue weighted by Gasteiger charge is -2.48. The predicted octanol–water partition coefficient (Wildman–Crippen LogP) is 7.18. The number of carbonyl (C=O) groups excluding carboxylic acids is 2. The number of alkyl carbamates (subject to hydrolysis) is 1. The molecule has 230 valence electrons. The Kier molecular flexibility index (Phi) is 8.50. The number of alkyl halides is 3. The number of nitrogens with one attached hydrogen (secondary N) is 2. The third-order valence-electron chi connectivity index (χ3n) is 7.74. The Morgan fingerprint density at radius 1 is 1.09 bits per heavy atom. The number of hydrogen-bond acceptors (Lipinski definition) is 6. The average molecular weight is 616 g/mol. The maximum Gasteiger partial charge on any atom is 0.416 e. The first-order valence-corrected chi connectivity index (χ1v) is 15.1. The molecule has 5 rings (SSSR count). The number of ether oxygens (including phenoxy) is 2. The molecule has 3 heterocycles. The molecule has 7 nitrogen and oxygen atoms in total. The highest BCUT2D eigenvalue weighted by atomic mass is 32.1. The van der Waals surface area contributed by atoms with Crippen LogP contribution in [0, 0.1) is 5.41 Å². The number of hydrogen-bond donors (Lipinski definition) is 2. The predicted molar refractivity (Wildman–Crippen MR) is 160 cm³/mol. The summed E-state index contributed by atoms with van der Waals surface area (Å²) in [5.41, 5.74) is 2.03. The summed E-state index contributed by atoms with van der Waals surface area (Å²) >= 11 is 1.40. The van der Waals surface area contributed by atoms with E-state index in [4.69, 9.17) is 9.47 Å². The summed E-state index contributed by atoms with van der Waals surface area (Å²) in [4.78, 5) is 28.1. The number of anilines is 1. The van der Waals surface area contributed by atoms with Crippen LogP contribution in [0.3, 0.4) is 0 Å². The summed E-state index contributed by atoms with van der Waals surface area (Å²) in [6, 6.07) is 12.1. The topological polar surface area (TPSA) is 79.9 Å². The van der Waals surface area contributed by atoms with Gasteiger partial charge in [-0.25, -0.2) is 4.79 Å². The molecule has 43 heavy (non-hydrogen) atoms. The summed E-state index contributed by atoms with van der Waals surface area (Å²) < 4.78 is 51.5. The van der Waals surface area contributed by atoms with Crippen molar-refractivity contribution in [2.24, 2.45) is 5.41 Å². The van der Waals surface area contributed by atoms with Gasteiger partial charge in [0.1, 0.15) is 5.60 Å². The van der Waals surface area contributed by atoms with E-state index in [0.29, 0.717) is 21.6 Å². The van der Waals surface area contributed by atoms with Gasteiger partial charge in [-0.3, -0.25) is 4.79 Å². The molecule has 2 aliphatic rings. The maximum absolute atomic E-state index is 13.5. The van der Waals surface area contributed by atoms with E-state index >= 15 is 0 Å². The van der Waals surface area contributed by atoms with Crippen LogP contribution in [0.15, 0.2) is 53.9 Å². The molecule has 2 aromatic carbocycles. The quantitative estimate of drug-likeness (QED) is 0.295. The number of carbonyl (C=O) groups is 2. The second kappa shape index (κ2) is 11.8. The smallest absolute Gasteiger partial charge is 0.416 e. The largest absolute Gasteiger partial charge is 0.444 e. The fourth-order valence-electron chi connectivity index (χ4n) is 5.42. The van der Waals surface area contributed by atoms with Gasteiger partial charge >= 0.3 is 12.3 Å². The molecule has 3 aromatic rings. The van der Waals surface area contributed by atoms with Crippen LogP contribution in [0.25, 0.3) is 11.1 Å². The number of rotatable bonds is 7. The monoisotopic (exact) mass is 615 g/mol. The summed E-state index contributed by atoms with van der Waals surface area (Å²) in [5, 5.41) is 7.65. The molecule has 0 unspecified atom stereocenters. The molecule has 0 saturated carbocycles. The first-order valence-electron chi connectivity index (χ1n) is 14.2. The van der Waals surface area contributed by atoms with Gasteiger partial charge in [-0.15, -0.1) is 11.3 Å². The van der Waals surface area contributed by atoms with Crippen LogP contribution in [0.1, 0.15) is 66.5 Å². The molecule has 2 aliphatic heterocycles. The van der Waals surface area contributed by atoms with E-state index in [-0.39, 0.29) is 23.9 Å². The van der Waals surface area contributed by atoms with Gasteiger partial charge in [0, 0.05) is 42.7 Å². The minimum Gasteiger partial charge on any atom is -0.444 e. The fraction of sp³-hybridized carbons (Fsp3) is 0.438. The van der Waals surface area contributed by atoms with Gasteiger partial charge in [0.15, 0.2) is 0 Å². The Balaban J connectivity index is 1.25. The molecule has 2 fully saturated rings. The first-order chi connectivity index (χ1) is 20.2. The zero-order valence-corrected chi connectivity index (χ0v) is 25.5. The van der Waals surface area contributed by atoms with E-state index in [9.17, 15) is 22.8 Å². The van der Waals surface area contributed by atoms with Crippen LogP contribution in [0.4, 0.5) is 23.7 Å². The van der Waals surface area contributed by atoms with Crippen molar-refractivity contribution in [3.05, 3.63) is 75.5 Å². The van der Waals surface area contributed by atoms with E-state index in [0.717, 1.165) is 56.1 Å². The van der Waals surface area contributed by atoms with Crippen molar-refractivity contribution in [2.45, 2.75) is 58.5 Å². The molecule has 2 N–H and O–H groups in total. The molecule has 1 aromatic heterocycles. The Bertz CT molecular complexity index is 1470. The van der Waals surface area contributed by atoms with Crippen LogP contribution in [-0.4, -0.2) is 43.9 Å². The van der Waals surface area contributed by atoms with Crippen molar-refractivity contribution in [2.75, 3.05) is 31.2 Å². The summed E-state index contributed by atoms with van der Waals surface area (Å²) in [5.74, 6) is -0.180. The highest BCUT2D eigenvalue weighted by molar-refractivity contribution is 7.12. The van der Waals surface area contributed by atoms with Crippen molar-refractivity contribution >= 4 is 29.0 Å². The van der Waals surface area contributed by atoms with Crippen molar-refractivity contribution in [1.82, 2.24) is 10.6 Å². The van der Waals surface area contributed by atoms with E-state index in [2.05, 4.69) is 15.5 Å². The standard InChI is InChI=1S/C32H36F3N3O4S/c1-20(37-28(39)27-14-25(16-43-27)38-17-31(18-38)11-12-41-19-31)21-5-7-22(8-6-21)26-13-24(32(33,34)35)10-9-23(26)15-36-29(40)42-30(2,3)4/h5-10,13-14,16,20H,11-12,15,17-19H2,1-4H3,(H,36,40)(H,37,39)/t20-/m1/s1. The van der Waals surface area contributed by atoms with Gasteiger partial charge in [0.25, 0.3) is 5.91 Å². The van der Waals surface area contributed by atoms with Crippen LogP contribution >= 0.6 is 11.3 Å². The van der Waals surface area contributed by atoms with Gasteiger partial charge in [0.2, 0.25) is 0 Å². The minimum absolute atomic E-state index is 0.00835. The van der Waals surface area contributed by atoms with Gasteiger partial charge in [-0.1, -0.05) is 30.3 Å². The van der Waals surface area contributed by atoms with Crippen molar-refractivity contribution < 1.29 is 32.2 Å². The van der Waals surface area contributed by atoms with E-state index in [1.807, 2.05) is 18.4 Å². The lowest BCUT2D eigenvalue weighted by atomic mass is 9.79. The lowest BCUT2D eigenvalue weighted by molar-refractivity contribution is -0.137. The van der Waals surface area contributed by atoms with Crippen LogP contribution in [0.2, 0.25) is 0 Å².